The van der Waals surface area contributed by atoms with Gasteiger partial charge in [0.2, 0.25) is 0 Å². The molecule has 0 aliphatic heterocycles. The summed E-state index contributed by atoms with van der Waals surface area (Å²) in [6.45, 7) is 6.00. The molecular weight excluding hydrogens is 276 g/mol. The van der Waals surface area contributed by atoms with Crippen molar-refractivity contribution >= 4 is 17.3 Å². The SMILES string of the molecule is CC(Oc1ccc(C(C)C)cc1)C(=O)Nc1ccc(N)cc1. The molecule has 1 amide bonds. The lowest BCUT2D eigenvalue weighted by atomic mass is 10.0. The minimum absolute atomic E-state index is 0.197. The highest BCUT2D eigenvalue weighted by molar-refractivity contribution is 5.94. The van der Waals surface area contributed by atoms with Gasteiger partial charge in [0.15, 0.2) is 6.10 Å². The summed E-state index contributed by atoms with van der Waals surface area (Å²) < 4.78 is 5.67. The number of nitrogens with one attached hydrogen (secondary N) is 1. The fourth-order valence-corrected chi connectivity index (χ4v) is 2.00. The number of hydrogen-bond donors (Lipinski definition) is 2. The van der Waals surface area contributed by atoms with Crippen molar-refractivity contribution in [3.05, 3.63) is 54.1 Å². The Hall–Kier alpha value is -2.49. The molecule has 2 aromatic rings. The van der Waals surface area contributed by atoms with Crippen LogP contribution in [-0.4, -0.2) is 12.0 Å². The third-order valence-corrected chi connectivity index (χ3v) is 3.41. The Morgan fingerprint density at radius 2 is 1.59 bits per heavy atom. The van der Waals surface area contributed by atoms with Gasteiger partial charge in [0.05, 0.1) is 0 Å². The summed E-state index contributed by atoms with van der Waals surface area (Å²) in [4.78, 5) is 12.1. The van der Waals surface area contributed by atoms with Crippen LogP contribution in [0.3, 0.4) is 0 Å². The van der Waals surface area contributed by atoms with Crippen LogP contribution in [0.15, 0.2) is 48.5 Å². The summed E-state index contributed by atoms with van der Waals surface area (Å²) >= 11 is 0. The molecule has 0 fully saturated rings. The number of amides is 1. The van der Waals surface area contributed by atoms with Crippen molar-refractivity contribution in [2.24, 2.45) is 0 Å². The number of ether oxygens (including phenoxy) is 1. The van der Waals surface area contributed by atoms with Crippen LogP contribution in [0.2, 0.25) is 0 Å². The molecule has 4 nitrogen and oxygen atoms in total. The molecule has 0 saturated carbocycles. The third kappa shape index (κ3) is 4.25. The van der Waals surface area contributed by atoms with Gasteiger partial charge in [0.1, 0.15) is 5.75 Å². The van der Waals surface area contributed by atoms with E-state index in [2.05, 4.69) is 19.2 Å². The fraction of sp³-hybridized carbons (Fsp3) is 0.278. The fourth-order valence-electron chi connectivity index (χ4n) is 2.00. The van der Waals surface area contributed by atoms with E-state index in [-0.39, 0.29) is 5.91 Å². The standard InChI is InChI=1S/C18H22N2O2/c1-12(2)14-4-10-17(11-5-14)22-13(3)18(21)20-16-8-6-15(19)7-9-16/h4-13H,19H2,1-3H3,(H,20,21). The van der Waals surface area contributed by atoms with Gasteiger partial charge in [-0.25, -0.2) is 0 Å². The molecule has 0 radical (unpaired) electrons. The van der Waals surface area contributed by atoms with Crippen molar-refractivity contribution in [1.82, 2.24) is 0 Å². The van der Waals surface area contributed by atoms with Crippen LogP contribution in [-0.2, 0) is 4.79 Å². The molecule has 2 aromatic carbocycles. The molecule has 1 atom stereocenters. The summed E-state index contributed by atoms with van der Waals surface area (Å²) in [6.07, 6.45) is -0.581. The van der Waals surface area contributed by atoms with E-state index in [1.54, 1.807) is 31.2 Å². The van der Waals surface area contributed by atoms with Crippen LogP contribution in [0.25, 0.3) is 0 Å². The van der Waals surface area contributed by atoms with Gasteiger partial charge in [-0.3, -0.25) is 4.79 Å². The molecule has 22 heavy (non-hydrogen) atoms. The number of nitrogen functional groups attached to an aromatic ring is 1. The average Bonchev–Trinajstić information content (AvgIpc) is 2.50. The average molecular weight is 298 g/mol. The summed E-state index contributed by atoms with van der Waals surface area (Å²) in [5.41, 5.74) is 8.22. The zero-order valence-corrected chi connectivity index (χ0v) is 13.2. The molecule has 0 heterocycles. The molecule has 0 spiro atoms. The molecular formula is C18H22N2O2. The first-order valence-electron chi connectivity index (χ1n) is 7.38. The second-order valence-corrected chi connectivity index (χ2v) is 5.60. The predicted molar refractivity (Wildman–Crippen MR) is 90.1 cm³/mol. The van der Waals surface area contributed by atoms with Gasteiger partial charge in [-0.2, -0.15) is 0 Å². The van der Waals surface area contributed by atoms with Gasteiger partial charge in [-0.15, -0.1) is 0 Å². The van der Waals surface area contributed by atoms with Gasteiger partial charge < -0.3 is 15.8 Å². The van der Waals surface area contributed by atoms with Crippen LogP contribution in [0.4, 0.5) is 11.4 Å². The first-order valence-corrected chi connectivity index (χ1v) is 7.38. The molecule has 3 N–H and O–H groups in total. The number of hydrogen-bond acceptors (Lipinski definition) is 3. The van der Waals surface area contributed by atoms with Crippen LogP contribution >= 0.6 is 0 Å². The van der Waals surface area contributed by atoms with Crippen LogP contribution in [0.1, 0.15) is 32.3 Å². The van der Waals surface area contributed by atoms with E-state index in [4.69, 9.17) is 10.5 Å². The number of benzene rings is 2. The van der Waals surface area contributed by atoms with Crippen molar-refractivity contribution in [3.8, 4) is 5.75 Å². The van der Waals surface area contributed by atoms with Crippen molar-refractivity contribution in [1.29, 1.82) is 0 Å². The zero-order valence-electron chi connectivity index (χ0n) is 13.2. The van der Waals surface area contributed by atoms with Gasteiger partial charge in [0.25, 0.3) is 5.91 Å². The minimum Gasteiger partial charge on any atom is -0.481 e. The lowest BCUT2D eigenvalue weighted by molar-refractivity contribution is -0.122. The van der Waals surface area contributed by atoms with E-state index in [9.17, 15) is 4.79 Å². The topological polar surface area (TPSA) is 64.3 Å². The van der Waals surface area contributed by atoms with E-state index in [1.165, 1.54) is 5.56 Å². The van der Waals surface area contributed by atoms with E-state index in [1.807, 2.05) is 24.3 Å². The molecule has 1 unspecified atom stereocenters. The Balaban J connectivity index is 1.94. The van der Waals surface area contributed by atoms with Crippen LogP contribution < -0.4 is 15.8 Å². The van der Waals surface area contributed by atoms with E-state index in [0.29, 0.717) is 23.0 Å². The lowest BCUT2D eigenvalue weighted by Crippen LogP contribution is -2.30. The van der Waals surface area contributed by atoms with E-state index in [0.717, 1.165) is 0 Å². The smallest absolute Gasteiger partial charge is 0.265 e. The van der Waals surface area contributed by atoms with Crippen LogP contribution in [0, 0.1) is 0 Å². The molecule has 116 valence electrons. The first-order chi connectivity index (χ1) is 10.5. The first kappa shape index (κ1) is 15.9. The maximum atomic E-state index is 12.1. The maximum Gasteiger partial charge on any atom is 0.265 e. The van der Waals surface area contributed by atoms with E-state index >= 15 is 0 Å². The van der Waals surface area contributed by atoms with E-state index < -0.39 is 6.10 Å². The highest BCUT2D eigenvalue weighted by Gasteiger charge is 2.15. The molecule has 0 bridgehead atoms. The number of nitrogens with two attached hydrogens (primary N) is 1. The lowest BCUT2D eigenvalue weighted by Gasteiger charge is -2.15. The van der Waals surface area contributed by atoms with Crippen molar-refractivity contribution < 1.29 is 9.53 Å². The second kappa shape index (κ2) is 6.98. The minimum atomic E-state index is -0.581. The molecule has 0 aliphatic rings. The Morgan fingerprint density at radius 1 is 1.00 bits per heavy atom. The van der Waals surface area contributed by atoms with Crippen LogP contribution in [0.5, 0.6) is 5.75 Å². The van der Waals surface area contributed by atoms with Crippen molar-refractivity contribution in [3.63, 3.8) is 0 Å². The number of carbonyl (C=O) groups excluding carboxylic acids is 1. The highest BCUT2D eigenvalue weighted by Crippen LogP contribution is 2.20. The van der Waals surface area contributed by atoms with Crippen molar-refractivity contribution in [2.75, 3.05) is 11.1 Å². The summed E-state index contributed by atoms with van der Waals surface area (Å²) in [7, 11) is 0. The summed E-state index contributed by atoms with van der Waals surface area (Å²) in [5, 5.41) is 2.80. The monoisotopic (exact) mass is 298 g/mol. The summed E-state index contributed by atoms with van der Waals surface area (Å²) in [5.74, 6) is 0.961. The molecule has 0 aliphatic carbocycles. The molecule has 4 heteroatoms. The molecule has 0 aromatic heterocycles. The Morgan fingerprint density at radius 3 is 2.14 bits per heavy atom. The second-order valence-electron chi connectivity index (χ2n) is 5.60. The normalized spacial score (nSPS) is 12.0. The van der Waals surface area contributed by atoms with Crippen molar-refractivity contribution in [2.45, 2.75) is 32.8 Å². The molecule has 2 rings (SSSR count). The zero-order chi connectivity index (χ0) is 16.1. The third-order valence-electron chi connectivity index (χ3n) is 3.41. The Bertz CT molecular complexity index is 619. The number of anilines is 2. The van der Waals surface area contributed by atoms with Gasteiger partial charge in [0, 0.05) is 11.4 Å². The highest BCUT2D eigenvalue weighted by atomic mass is 16.5. The maximum absolute atomic E-state index is 12.1. The summed E-state index contributed by atoms with van der Waals surface area (Å²) in [6, 6.07) is 14.8. The van der Waals surface area contributed by atoms with Gasteiger partial charge in [-0.05, 0) is 54.8 Å². The quantitative estimate of drug-likeness (QED) is 0.825. The van der Waals surface area contributed by atoms with Gasteiger partial charge >= 0.3 is 0 Å². The number of carbonyl (C=O) groups is 1. The predicted octanol–water partition coefficient (Wildman–Crippen LogP) is 3.80. The number of rotatable bonds is 5. The Labute approximate surface area is 131 Å². The van der Waals surface area contributed by atoms with Gasteiger partial charge in [-0.1, -0.05) is 26.0 Å². The molecule has 0 saturated heterocycles. The largest absolute Gasteiger partial charge is 0.481 e. The Kier molecular flexibility index (Phi) is 5.04.